The number of halogens is 1. The number of hydrogen-bond acceptors (Lipinski definition) is 2. The minimum Gasteiger partial charge on any atom is -0.370 e. The highest BCUT2D eigenvalue weighted by Crippen LogP contribution is 2.25. The molecule has 1 saturated carbocycles. The van der Waals surface area contributed by atoms with Crippen molar-refractivity contribution in [1.29, 1.82) is 0 Å². The Morgan fingerprint density at radius 1 is 1.29 bits per heavy atom. The first kappa shape index (κ1) is 21.0. The monoisotopic (exact) mass is 410 g/mol. The standard InChI is InChI=1S/C16H34N4.HI/c1-5-20(15-9-10-15)12-11-18-16(17)19-14(4)8-6-7-13(2)3;/h13-15H,5-12H2,1-4H3,(H3,17,18,19);1H. The predicted molar refractivity (Wildman–Crippen MR) is 103 cm³/mol. The molecule has 21 heavy (non-hydrogen) atoms. The summed E-state index contributed by atoms with van der Waals surface area (Å²) in [4.78, 5) is 6.95. The molecule has 1 atom stereocenters. The quantitative estimate of drug-likeness (QED) is 0.330. The second kappa shape index (κ2) is 11.5. The van der Waals surface area contributed by atoms with E-state index in [9.17, 15) is 0 Å². The summed E-state index contributed by atoms with van der Waals surface area (Å²) in [6.07, 6.45) is 6.42. The molecule has 1 aliphatic carbocycles. The van der Waals surface area contributed by atoms with E-state index in [1.807, 2.05) is 0 Å². The Morgan fingerprint density at radius 2 is 1.95 bits per heavy atom. The maximum atomic E-state index is 5.95. The molecular formula is C16H35IN4. The Bertz CT molecular complexity index is 290. The topological polar surface area (TPSA) is 53.6 Å². The van der Waals surface area contributed by atoms with Crippen molar-refractivity contribution < 1.29 is 0 Å². The van der Waals surface area contributed by atoms with Crippen molar-refractivity contribution in [2.45, 2.75) is 71.9 Å². The minimum absolute atomic E-state index is 0. The first-order chi connectivity index (χ1) is 9.52. The van der Waals surface area contributed by atoms with Crippen LogP contribution in [-0.2, 0) is 0 Å². The van der Waals surface area contributed by atoms with Gasteiger partial charge < -0.3 is 11.1 Å². The van der Waals surface area contributed by atoms with Crippen molar-refractivity contribution in [1.82, 2.24) is 10.2 Å². The molecule has 0 aromatic carbocycles. The summed E-state index contributed by atoms with van der Waals surface area (Å²) in [6, 6.07) is 1.24. The van der Waals surface area contributed by atoms with Gasteiger partial charge in [-0.25, -0.2) is 0 Å². The average Bonchev–Trinajstić information content (AvgIpc) is 3.18. The second-order valence-electron chi connectivity index (χ2n) is 6.50. The first-order valence-corrected chi connectivity index (χ1v) is 8.33. The van der Waals surface area contributed by atoms with Crippen LogP contribution in [0.2, 0.25) is 0 Å². The first-order valence-electron chi connectivity index (χ1n) is 8.33. The van der Waals surface area contributed by atoms with Crippen LogP contribution in [0.1, 0.15) is 59.8 Å². The van der Waals surface area contributed by atoms with E-state index >= 15 is 0 Å². The fraction of sp³-hybridized carbons (Fsp3) is 0.938. The fourth-order valence-electron chi connectivity index (χ4n) is 2.54. The number of hydrogen-bond donors (Lipinski definition) is 2. The number of rotatable bonds is 10. The Balaban J connectivity index is 0.00000400. The lowest BCUT2D eigenvalue weighted by Crippen LogP contribution is -2.39. The predicted octanol–water partition coefficient (Wildman–Crippen LogP) is 3.21. The van der Waals surface area contributed by atoms with Gasteiger partial charge >= 0.3 is 0 Å². The molecule has 0 saturated heterocycles. The summed E-state index contributed by atoms with van der Waals surface area (Å²) in [5.74, 6) is 1.39. The van der Waals surface area contributed by atoms with E-state index in [1.165, 1.54) is 25.7 Å². The van der Waals surface area contributed by atoms with E-state index in [-0.39, 0.29) is 24.0 Å². The van der Waals surface area contributed by atoms with Gasteiger partial charge in [0.1, 0.15) is 0 Å². The molecule has 0 heterocycles. The van der Waals surface area contributed by atoms with E-state index in [2.05, 4.69) is 42.9 Å². The molecular weight excluding hydrogens is 375 g/mol. The van der Waals surface area contributed by atoms with Gasteiger partial charge in [0, 0.05) is 18.6 Å². The lowest BCUT2D eigenvalue weighted by atomic mass is 10.0. The number of nitrogens with zero attached hydrogens (tertiary/aromatic N) is 2. The van der Waals surface area contributed by atoms with Crippen LogP contribution in [0.25, 0.3) is 0 Å². The van der Waals surface area contributed by atoms with Gasteiger partial charge in [-0.15, -0.1) is 24.0 Å². The van der Waals surface area contributed by atoms with Crippen molar-refractivity contribution in [3.63, 3.8) is 0 Å². The fourth-order valence-corrected chi connectivity index (χ4v) is 2.54. The van der Waals surface area contributed by atoms with Gasteiger partial charge in [-0.3, -0.25) is 9.89 Å². The summed E-state index contributed by atoms with van der Waals surface area (Å²) < 4.78 is 0. The second-order valence-corrected chi connectivity index (χ2v) is 6.50. The van der Waals surface area contributed by atoms with Crippen LogP contribution in [0.4, 0.5) is 0 Å². The van der Waals surface area contributed by atoms with Crippen molar-refractivity contribution in [3.8, 4) is 0 Å². The Labute approximate surface area is 148 Å². The molecule has 0 spiro atoms. The zero-order chi connectivity index (χ0) is 15.0. The van der Waals surface area contributed by atoms with Gasteiger partial charge in [-0.05, 0) is 38.6 Å². The molecule has 1 unspecified atom stereocenters. The van der Waals surface area contributed by atoms with Crippen LogP contribution in [0.3, 0.4) is 0 Å². The molecule has 4 nitrogen and oxygen atoms in total. The molecule has 126 valence electrons. The van der Waals surface area contributed by atoms with Gasteiger partial charge in [0.25, 0.3) is 0 Å². The maximum absolute atomic E-state index is 5.95. The van der Waals surface area contributed by atoms with Crippen molar-refractivity contribution >= 4 is 29.9 Å². The SMILES string of the molecule is CCN(CCN=C(N)NC(C)CCCC(C)C)C1CC1.I. The molecule has 0 aromatic heterocycles. The van der Waals surface area contributed by atoms with Crippen LogP contribution in [0.15, 0.2) is 4.99 Å². The Kier molecular flexibility index (Phi) is 11.5. The zero-order valence-corrected chi connectivity index (χ0v) is 16.6. The van der Waals surface area contributed by atoms with Gasteiger partial charge in [0.05, 0.1) is 6.54 Å². The molecule has 0 radical (unpaired) electrons. The number of nitrogens with two attached hydrogens (primary N) is 1. The number of nitrogens with one attached hydrogen (secondary N) is 1. The van der Waals surface area contributed by atoms with E-state index in [1.54, 1.807) is 0 Å². The summed E-state index contributed by atoms with van der Waals surface area (Å²) >= 11 is 0. The minimum atomic E-state index is 0. The molecule has 1 fully saturated rings. The van der Waals surface area contributed by atoms with Gasteiger partial charge in [0.15, 0.2) is 5.96 Å². The number of likely N-dealkylation sites (N-methyl/N-ethyl adjacent to an activating group) is 1. The third kappa shape index (κ3) is 10.3. The van der Waals surface area contributed by atoms with Gasteiger partial charge in [-0.1, -0.05) is 33.6 Å². The van der Waals surface area contributed by atoms with Crippen molar-refractivity contribution in [2.75, 3.05) is 19.6 Å². The third-order valence-electron chi connectivity index (χ3n) is 3.95. The highest BCUT2D eigenvalue weighted by Gasteiger charge is 2.26. The highest BCUT2D eigenvalue weighted by molar-refractivity contribution is 14.0. The summed E-state index contributed by atoms with van der Waals surface area (Å²) in [5, 5.41) is 3.30. The van der Waals surface area contributed by atoms with E-state index in [0.717, 1.165) is 38.0 Å². The molecule has 0 bridgehead atoms. The zero-order valence-electron chi connectivity index (χ0n) is 14.3. The van der Waals surface area contributed by atoms with Crippen LogP contribution in [-0.4, -0.2) is 42.6 Å². The molecule has 3 N–H and O–H groups in total. The molecule has 0 amide bonds. The number of aliphatic imine (C=N–C) groups is 1. The largest absolute Gasteiger partial charge is 0.370 e. The summed E-state index contributed by atoms with van der Waals surface area (Å²) in [5.41, 5.74) is 5.95. The van der Waals surface area contributed by atoms with Crippen LogP contribution >= 0.6 is 24.0 Å². The molecule has 5 heteroatoms. The Hall–Kier alpha value is -0.0400. The maximum Gasteiger partial charge on any atom is 0.188 e. The normalized spacial score (nSPS) is 17.0. The van der Waals surface area contributed by atoms with Crippen molar-refractivity contribution in [3.05, 3.63) is 0 Å². The van der Waals surface area contributed by atoms with Gasteiger partial charge in [-0.2, -0.15) is 0 Å². The molecule has 0 aromatic rings. The summed E-state index contributed by atoms with van der Waals surface area (Å²) in [6.45, 7) is 11.9. The van der Waals surface area contributed by atoms with Gasteiger partial charge in [0.2, 0.25) is 0 Å². The lowest BCUT2D eigenvalue weighted by Gasteiger charge is -2.19. The number of guanidine groups is 1. The lowest BCUT2D eigenvalue weighted by molar-refractivity contribution is 0.286. The molecule has 0 aliphatic heterocycles. The third-order valence-corrected chi connectivity index (χ3v) is 3.95. The smallest absolute Gasteiger partial charge is 0.188 e. The van der Waals surface area contributed by atoms with E-state index < -0.39 is 0 Å². The summed E-state index contributed by atoms with van der Waals surface area (Å²) in [7, 11) is 0. The van der Waals surface area contributed by atoms with Crippen LogP contribution in [0, 0.1) is 5.92 Å². The van der Waals surface area contributed by atoms with E-state index in [0.29, 0.717) is 12.0 Å². The highest BCUT2D eigenvalue weighted by atomic mass is 127. The Morgan fingerprint density at radius 3 is 2.48 bits per heavy atom. The van der Waals surface area contributed by atoms with Crippen LogP contribution in [0.5, 0.6) is 0 Å². The van der Waals surface area contributed by atoms with Crippen LogP contribution < -0.4 is 11.1 Å². The van der Waals surface area contributed by atoms with Crippen molar-refractivity contribution in [2.24, 2.45) is 16.6 Å². The molecule has 1 aliphatic rings. The average molecular weight is 410 g/mol. The molecule has 1 rings (SSSR count). The van der Waals surface area contributed by atoms with E-state index in [4.69, 9.17) is 5.73 Å².